The fourth-order valence-corrected chi connectivity index (χ4v) is 2.58. The monoisotopic (exact) mass is 174 g/mol. The van der Waals surface area contributed by atoms with E-state index >= 15 is 0 Å². The fourth-order valence-electron chi connectivity index (χ4n) is 1.38. The second-order valence-electron chi connectivity index (χ2n) is 2.81. The Morgan fingerprint density at radius 1 is 1.73 bits per heavy atom. The van der Waals surface area contributed by atoms with Crippen LogP contribution >= 0.6 is 11.8 Å². The molecule has 3 heteroatoms. The fraction of sp³-hybridized carbons (Fsp3) is 0.875. The van der Waals surface area contributed by atoms with Gasteiger partial charge in [-0.25, -0.2) is 0 Å². The third-order valence-electron chi connectivity index (χ3n) is 2.07. The minimum absolute atomic E-state index is 0.164. The standard InChI is InChI=1S/C8H14O2S/c1-10-8(5-9)7-3-2-4-11-6-7/h5,7-8H,2-4,6H2,1H3. The van der Waals surface area contributed by atoms with Crippen molar-refractivity contribution in [2.45, 2.75) is 18.9 Å². The Bertz CT molecular complexity index is 121. The van der Waals surface area contributed by atoms with Crippen LogP contribution in [0.25, 0.3) is 0 Å². The van der Waals surface area contributed by atoms with E-state index in [9.17, 15) is 4.79 Å². The minimum atomic E-state index is -0.164. The molecule has 64 valence electrons. The third kappa shape index (κ3) is 2.49. The van der Waals surface area contributed by atoms with E-state index < -0.39 is 0 Å². The Morgan fingerprint density at radius 2 is 2.55 bits per heavy atom. The number of methoxy groups -OCH3 is 1. The Morgan fingerprint density at radius 3 is 3.00 bits per heavy atom. The quantitative estimate of drug-likeness (QED) is 0.604. The Kier molecular flexibility index (Phi) is 3.94. The van der Waals surface area contributed by atoms with Crippen molar-refractivity contribution >= 4 is 18.0 Å². The van der Waals surface area contributed by atoms with Crippen LogP contribution in [0.5, 0.6) is 0 Å². The molecule has 11 heavy (non-hydrogen) atoms. The summed E-state index contributed by atoms with van der Waals surface area (Å²) in [5.41, 5.74) is 0. The van der Waals surface area contributed by atoms with Crippen LogP contribution in [-0.4, -0.2) is 31.0 Å². The van der Waals surface area contributed by atoms with Gasteiger partial charge in [-0.05, 0) is 24.3 Å². The molecule has 2 atom stereocenters. The van der Waals surface area contributed by atoms with Crippen LogP contribution in [-0.2, 0) is 9.53 Å². The number of carbonyl (C=O) groups is 1. The zero-order chi connectivity index (χ0) is 8.10. The molecular weight excluding hydrogens is 160 g/mol. The zero-order valence-corrected chi connectivity index (χ0v) is 7.60. The summed E-state index contributed by atoms with van der Waals surface area (Å²) in [6, 6.07) is 0. The number of hydrogen-bond donors (Lipinski definition) is 0. The van der Waals surface area contributed by atoms with Crippen molar-refractivity contribution in [3.8, 4) is 0 Å². The molecule has 0 spiro atoms. The lowest BCUT2D eigenvalue weighted by Crippen LogP contribution is -2.28. The van der Waals surface area contributed by atoms with Crippen LogP contribution in [0.3, 0.4) is 0 Å². The highest BCUT2D eigenvalue weighted by Crippen LogP contribution is 2.25. The van der Waals surface area contributed by atoms with Gasteiger partial charge in [0.05, 0.1) is 0 Å². The Balaban J connectivity index is 2.35. The summed E-state index contributed by atoms with van der Waals surface area (Å²) in [4.78, 5) is 10.5. The molecule has 0 aromatic heterocycles. The molecular formula is C8H14O2S. The van der Waals surface area contributed by atoms with E-state index in [1.54, 1.807) is 7.11 Å². The highest BCUT2D eigenvalue weighted by Gasteiger charge is 2.22. The molecule has 2 nitrogen and oxygen atoms in total. The van der Waals surface area contributed by atoms with E-state index in [-0.39, 0.29) is 6.10 Å². The van der Waals surface area contributed by atoms with Crippen molar-refractivity contribution in [2.75, 3.05) is 18.6 Å². The van der Waals surface area contributed by atoms with E-state index in [2.05, 4.69) is 0 Å². The van der Waals surface area contributed by atoms with Gasteiger partial charge >= 0.3 is 0 Å². The van der Waals surface area contributed by atoms with E-state index in [1.165, 1.54) is 12.2 Å². The maximum absolute atomic E-state index is 10.5. The molecule has 1 aliphatic rings. The lowest BCUT2D eigenvalue weighted by atomic mass is 10.00. The second-order valence-corrected chi connectivity index (χ2v) is 3.96. The van der Waals surface area contributed by atoms with E-state index in [0.717, 1.165) is 18.5 Å². The van der Waals surface area contributed by atoms with Gasteiger partial charge in [-0.1, -0.05) is 0 Å². The van der Waals surface area contributed by atoms with Crippen molar-refractivity contribution in [1.29, 1.82) is 0 Å². The van der Waals surface area contributed by atoms with Crippen molar-refractivity contribution in [2.24, 2.45) is 5.92 Å². The molecule has 1 fully saturated rings. The van der Waals surface area contributed by atoms with Crippen LogP contribution in [0.2, 0.25) is 0 Å². The first-order valence-electron chi connectivity index (χ1n) is 3.94. The molecule has 0 aromatic rings. The number of thioether (sulfide) groups is 1. The number of ether oxygens (including phenoxy) is 1. The molecule has 1 heterocycles. The summed E-state index contributed by atoms with van der Waals surface area (Å²) in [7, 11) is 1.61. The van der Waals surface area contributed by atoms with Crippen molar-refractivity contribution < 1.29 is 9.53 Å². The van der Waals surface area contributed by atoms with Crippen molar-refractivity contribution in [1.82, 2.24) is 0 Å². The summed E-state index contributed by atoms with van der Waals surface area (Å²) in [6.07, 6.45) is 3.13. The highest BCUT2D eigenvalue weighted by atomic mass is 32.2. The largest absolute Gasteiger partial charge is 0.374 e. The lowest BCUT2D eigenvalue weighted by molar-refractivity contribution is -0.119. The molecule has 0 N–H and O–H groups in total. The first kappa shape index (κ1) is 9.07. The summed E-state index contributed by atoms with van der Waals surface area (Å²) in [5, 5.41) is 0. The van der Waals surface area contributed by atoms with Gasteiger partial charge in [-0.2, -0.15) is 11.8 Å². The molecule has 0 radical (unpaired) electrons. The zero-order valence-electron chi connectivity index (χ0n) is 6.79. The van der Waals surface area contributed by atoms with Gasteiger partial charge in [0.1, 0.15) is 12.4 Å². The van der Waals surface area contributed by atoms with Gasteiger partial charge in [-0.15, -0.1) is 0 Å². The molecule has 0 aromatic carbocycles. The smallest absolute Gasteiger partial charge is 0.149 e. The minimum Gasteiger partial charge on any atom is -0.374 e. The molecule has 0 bridgehead atoms. The average Bonchev–Trinajstić information content (AvgIpc) is 2.09. The summed E-state index contributed by atoms with van der Waals surface area (Å²) in [5.74, 6) is 2.78. The van der Waals surface area contributed by atoms with Crippen LogP contribution in [0.15, 0.2) is 0 Å². The lowest BCUT2D eigenvalue weighted by Gasteiger charge is -2.24. The normalized spacial score (nSPS) is 27.9. The predicted octanol–water partition coefficient (Wildman–Crippen LogP) is 1.34. The maximum Gasteiger partial charge on any atom is 0.149 e. The Hall–Kier alpha value is -0.0200. The number of aldehydes is 1. The van der Waals surface area contributed by atoms with E-state index in [4.69, 9.17) is 4.74 Å². The van der Waals surface area contributed by atoms with E-state index in [0.29, 0.717) is 5.92 Å². The molecule has 2 unspecified atom stereocenters. The molecule has 1 saturated heterocycles. The first-order chi connectivity index (χ1) is 5.38. The van der Waals surface area contributed by atoms with Gasteiger partial charge in [0, 0.05) is 13.0 Å². The topological polar surface area (TPSA) is 26.3 Å². The predicted molar refractivity (Wildman–Crippen MR) is 46.9 cm³/mol. The molecule has 1 rings (SSSR count). The molecule has 0 saturated carbocycles. The third-order valence-corrected chi connectivity index (χ3v) is 3.31. The van der Waals surface area contributed by atoms with Gasteiger partial charge in [0.25, 0.3) is 0 Å². The molecule has 0 amide bonds. The summed E-state index contributed by atoms with van der Waals surface area (Å²) < 4.78 is 5.06. The number of hydrogen-bond acceptors (Lipinski definition) is 3. The Labute approximate surface area is 71.7 Å². The SMILES string of the molecule is COC(C=O)C1CCCSC1. The van der Waals surface area contributed by atoms with Crippen LogP contribution in [0.4, 0.5) is 0 Å². The van der Waals surface area contributed by atoms with Crippen LogP contribution in [0.1, 0.15) is 12.8 Å². The highest BCUT2D eigenvalue weighted by molar-refractivity contribution is 7.99. The summed E-state index contributed by atoms with van der Waals surface area (Å²) in [6.45, 7) is 0. The first-order valence-corrected chi connectivity index (χ1v) is 5.09. The molecule has 1 aliphatic heterocycles. The van der Waals surface area contributed by atoms with Gasteiger partial charge < -0.3 is 9.53 Å². The maximum atomic E-state index is 10.5. The van der Waals surface area contributed by atoms with E-state index in [1.807, 2.05) is 11.8 Å². The number of carbonyl (C=O) groups excluding carboxylic acids is 1. The average molecular weight is 174 g/mol. The van der Waals surface area contributed by atoms with Crippen molar-refractivity contribution in [3.63, 3.8) is 0 Å². The van der Waals surface area contributed by atoms with Crippen molar-refractivity contribution in [3.05, 3.63) is 0 Å². The second kappa shape index (κ2) is 4.78. The molecule has 0 aliphatic carbocycles. The van der Waals surface area contributed by atoms with Gasteiger partial charge in [0.2, 0.25) is 0 Å². The summed E-state index contributed by atoms with van der Waals surface area (Å²) >= 11 is 1.92. The number of rotatable bonds is 3. The van der Waals surface area contributed by atoms with Crippen LogP contribution < -0.4 is 0 Å². The van der Waals surface area contributed by atoms with Gasteiger partial charge in [-0.3, -0.25) is 0 Å². The van der Waals surface area contributed by atoms with Gasteiger partial charge in [0.15, 0.2) is 0 Å². The van der Waals surface area contributed by atoms with Crippen LogP contribution in [0, 0.1) is 5.92 Å².